The lowest BCUT2D eigenvalue weighted by atomic mass is 10.1. The molecule has 0 unspecified atom stereocenters. The number of hydrogen-bond donors (Lipinski definition) is 1. The number of hydrogen-bond acceptors (Lipinski definition) is 2. The summed E-state index contributed by atoms with van der Waals surface area (Å²) < 4.78 is 26.3. The maximum absolute atomic E-state index is 12.0. The zero-order valence-electron chi connectivity index (χ0n) is 11.3. The highest BCUT2D eigenvalue weighted by molar-refractivity contribution is 7.89. The normalized spacial score (nSPS) is 10.7. The molecule has 0 amide bonds. The molecule has 4 heteroatoms. The summed E-state index contributed by atoms with van der Waals surface area (Å²) in [6.45, 7) is 1.85. The average molecular weight is 285 g/mol. The molecule has 0 aliphatic heterocycles. The molecular formula is C16H15NO2S. The second kappa shape index (κ2) is 5.91. The molecule has 0 aliphatic carbocycles. The van der Waals surface area contributed by atoms with E-state index in [0.29, 0.717) is 5.56 Å². The lowest BCUT2D eigenvalue weighted by molar-refractivity contribution is 0.588. The first kappa shape index (κ1) is 14.3. The van der Waals surface area contributed by atoms with Crippen LogP contribution in [0.1, 0.15) is 16.7 Å². The van der Waals surface area contributed by atoms with Crippen molar-refractivity contribution in [2.24, 2.45) is 0 Å². The molecule has 0 saturated heterocycles. The van der Waals surface area contributed by atoms with Gasteiger partial charge in [-0.25, -0.2) is 13.1 Å². The summed E-state index contributed by atoms with van der Waals surface area (Å²) in [4.78, 5) is 0.212. The highest BCUT2D eigenvalue weighted by Crippen LogP contribution is 2.16. The summed E-state index contributed by atoms with van der Waals surface area (Å²) in [5.74, 6) is 5.90. The van der Waals surface area contributed by atoms with Gasteiger partial charge in [-0.1, -0.05) is 36.1 Å². The van der Waals surface area contributed by atoms with E-state index in [9.17, 15) is 8.42 Å². The van der Waals surface area contributed by atoms with Crippen LogP contribution in [0.15, 0.2) is 53.4 Å². The Morgan fingerprint density at radius 1 is 1.00 bits per heavy atom. The minimum Gasteiger partial charge on any atom is -0.214 e. The summed E-state index contributed by atoms with van der Waals surface area (Å²) in [5, 5.41) is 0. The zero-order chi connectivity index (χ0) is 14.6. The van der Waals surface area contributed by atoms with Crippen LogP contribution in [-0.4, -0.2) is 15.5 Å². The van der Waals surface area contributed by atoms with Gasteiger partial charge in [-0.3, -0.25) is 0 Å². The molecule has 3 nitrogen and oxygen atoms in total. The molecule has 2 aromatic rings. The van der Waals surface area contributed by atoms with Crippen molar-refractivity contribution in [3.63, 3.8) is 0 Å². The smallest absolute Gasteiger partial charge is 0.214 e. The van der Waals surface area contributed by atoms with Crippen LogP contribution in [0.2, 0.25) is 0 Å². The van der Waals surface area contributed by atoms with Gasteiger partial charge in [-0.05, 0) is 43.8 Å². The van der Waals surface area contributed by atoms with Gasteiger partial charge in [0.2, 0.25) is 10.0 Å². The molecule has 0 aromatic heterocycles. The van der Waals surface area contributed by atoms with Crippen LogP contribution in [0.3, 0.4) is 0 Å². The minimum atomic E-state index is -3.51. The van der Waals surface area contributed by atoms with Crippen LogP contribution >= 0.6 is 0 Å². The van der Waals surface area contributed by atoms with Crippen LogP contribution < -0.4 is 4.72 Å². The van der Waals surface area contributed by atoms with Crippen molar-refractivity contribution >= 4 is 10.0 Å². The highest BCUT2D eigenvalue weighted by Gasteiger charge is 2.15. The van der Waals surface area contributed by atoms with Gasteiger partial charge in [-0.2, -0.15) is 0 Å². The minimum absolute atomic E-state index is 0.212. The first-order chi connectivity index (χ1) is 9.53. The van der Waals surface area contributed by atoms with E-state index in [1.54, 1.807) is 12.1 Å². The molecule has 0 atom stereocenters. The number of benzene rings is 2. The maximum Gasteiger partial charge on any atom is 0.241 e. The van der Waals surface area contributed by atoms with E-state index in [4.69, 9.17) is 0 Å². The molecule has 0 saturated carbocycles. The molecule has 102 valence electrons. The van der Waals surface area contributed by atoms with Crippen LogP contribution in [0.5, 0.6) is 0 Å². The van der Waals surface area contributed by atoms with Crippen molar-refractivity contribution in [3.8, 4) is 11.8 Å². The van der Waals surface area contributed by atoms with E-state index in [0.717, 1.165) is 11.1 Å². The largest absolute Gasteiger partial charge is 0.241 e. The van der Waals surface area contributed by atoms with Gasteiger partial charge < -0.3 is 0 Å². The molecule has 0 spiro atoms. The monoisotopic (exact) mass is 285 g/mol. The second-order valence-electron chi connectivity index (χ2n) is 4.32. The Bertz CT molecular complexity index is 769. The average Bonchev–Trinajstić information content (AvgIpc) is 2.47. The highest BCUT2D eigenvalue weighted by atomic mass is 32.2. The Morgan fingerprint density at radius 3 is 2.35 bits per heavy atom. The van der Waals surface area contributed by atoms with Gasteiger partial charge in [0.25, 0.3) is 0 Å². The number of aryl methyl sites for hydroxylation is 1. The first-order valence-electron chi connectivity index (χ1n) is 6.14. The summed E-state index contributed by atoms with van der Waals surface area (Å²) in [6, 6.07) is 14.7. The molecule has 0 radical (unpaired) electrons. The maximum atomic E-state index is 12.0. The van der Waals surface area contributed by atoms with Gasteiger partial charge >= 0.3 is 0 Å². The molecule has 0 heterocycles. The first-order valence-corrected chi connectivity index (χ1v) is 7.62. The van der Waals surface area contributed by atoms with Crippen molar-refractivity contribution in [1.82, 2.24) is 4.72 Å². The van der Waals surface area contributed by atoms with Gasteiger partial charge in [-0.15, -0.1) is 0 Å². The fourth-order valence-electron chi connectivity index (χ4n) is 1.73. The summed E-state index contributed by atoms with van der Waals surface area (Å²) in [7, 11) is -2.11. The van der Waals surface area contributed by atoms with Crippen molar-refractivity contribution in [2.75, 3.05) is 7.05 Å². The lowest BCUT2D eigenvalue weighted by Crippen LogP contribution is -2.19. The number of sulfonamides is 1. The van der Waals surface area contributed by atoms with E-state index < -0.39 is 10.0 Å². The van der Waals surface area contributed by atoms with Crippen LogP contribution in [0.25, 0.3) is 0 Å². The van der Waals surface area contributed by atoms with Crippen LogP contribution in [0, 0.1) is 18.8 Å². The number of nitrogens with one attached hydrogen (secondary N) is 1. The van der Waals surface area contributed by atoms with Crippen molar-refractivity contribution in [3.05, 3.63) is 65.2 Å². The quantitative estimate of drug-likeness (QED) is 0.861. The molecule has 0 aliphatic rings. The standard InChI is InChI=1S/C16H15NO2S/c1-13-8-10-15(16(12-13)20(18,19)17-2)11-9-14-6-4-3-5-7-14/h3-8,10,12,17H,1-2H3. The van der Waals surface area contributed by atoms with Crippen LogP contribution in [0.4, 0.5) is 0 Å². The summed E-state index contributed by atoms with van der Waals surface area (Å²) in [5.41, 5.74) is 2.22. The fraction of sp³-hybridized carbons (Fsp3) is 0.125. The molecule has 2 rings (SSSR count). The van der Waals surface area contributed by atoms with Crippen LogP contribution in [-0.2, 0) is 10.0 Å². The molecular weight excluding hydrogens is 270 g/mol. The van der Waals surface area contributed by atoms with Crippen molar-refractivity contribution in [2.45, 2.75) is 11.8 Å². The van der Waals surface area contributed by atoms with E-state index in [2.05, 4.69) is 16.6 Å². The molecule has 2 aromatic carbocycles. The lowest BCUT2D eigenvalue weighted by Gasteiger charge is -2.06. The number of rotatable bonds is 2. The van der Waals surface area contributed by atoms with E-state index in [1.165, 1.54) is 7.05 Å². The Morgan fingerprint density at radius 2 is 1.70 bits per heavy atom. The second-order valence-corrected chi connectivity index (χ2v) is 6.18. The predicted octanol–water partition coefficient (Wildman–Crippen LogP) is 2.30. The fourth-order valence-corrected chi connectivity index (χ4v) is 2.70. The Hall–Kier alpha value is -2.09. The predicted molar refractivity (Wildman–Crippen MR) is 79.8 cm³/mol. The van der Waals surface area contributed by atoms with E-state index >= 15 is 0 Å². The Labute approximate surface area is 119 Å². The van der Waals surface area contributed by atoms with Gasteiger partial charge in [0.15, 0.2) is 0 Å². The van der Waals surface area contributed by atoms with Crippen molar-refractivity contribution < 1.29 is 8.42 Å². The Balaban J connectivity index is 2.51. The Kier molecular flexibility index (Phi) is 4.23. The van der Waals surface area contributed by atoms with E-state index in [-0.39, 0.29) is 4.90 Å². The van der Waals surface area contributed by atoms with E-state index in [1.807, 2.05) is 43.3 Å². The molecule has 0 bridgehead atoms. The van der Waals surface area contributed by atoms with Crippen molar-refractivity contribution in [1.29, 1.82) is 0 Å². The zero-order valence-corrected chi connectivity index (χ0v) is 12.2. The third-order valence-corrected chi connectivity index (χ3v) is 4.26. The van der Waals surface area contributed by atoms with Gasteiger partial charge in [0.05, 0.1) is 4.90 Å². The third kappa shape index (κ3) is 3.27. The summed E-state index contributed by atoms with van der Waals surface area (Å²) in [6.07, 6.45) is 0. The van der Waals surface area contributed by atoms with Gasteiger partial charge in [0.1, 0.15) is 0 Å². The topological polar surface area (TPSA) is 46.2 Å². The third-order valence-electron chi connectivity index (χ3n) is 2.81. The SMILES string of the molecule is CNS(=O)(=O)c1cc(C)ccc1C#Cc1ccccc1. The molecule has 20 heavy (non-hydrogen) atoms. The molecule has 0 fully saturated rings. The molecule has 1 N–H and O–H groups in total. The summed E-state index contributed by atoms with van der Waals surface area (Å²) >= 11 is 0. The van der Waals surface area contributed by atoms with Gasteiger partial charge in [0, 0.05) is 11.1 Å².